The Morgan fingerprint density at radius 1 is 1.42 bits per heavy atom. The zero-order valence-electron chi connectivity index (χ0n) is 10.3. The summed E-state index contributed by atoms with van der Waals surface area (Å²) >= 11 is 9.14. The highest BCUT2D eigenvalue weighted by atomic mass is 79.9. The molecule has 0 aliphatic carbocycles. The molecule has 102 valence electrons. The first-order chi connectivity index (χ1) is 8.90. The lowest BCUT2D eigenvalue weighted by atomic mass is 9.99. The summed E-state index contributed by atoms with van der Waals surface area (Å²) in [7, 11) is 0. The van der Waals surface area contributed by atoms with Crippen LogP contribution < -0.4 is 0 Å². The van der Waals surface area contributed by atoms with Crippen molar-refractivity contribution in [3.63, 3.8) is 0 Å². The van der Waals surface area contributed by atoms with Crippen LogP contribution in [0.5, 0.6) is 0 Å². The normalized spacial score (nSPS) is 22.6. The van der Waals surface area contributed by atoms with E-state index in [-0.39, 0.29) is 18.4 Å². The molecule has 1 heterocycles. The van der Waals surface area contributed by atoms with Gasteiger partial charge in [0, 0.05) is 22.6 Å². The Bertz CT molecular complexity index is 535. The molecule has 0 bridgehead atoms. The molecule has 0 unspecified atom stereocenters. The molecule has 1 aliphatic heterocycles. The largest absolute Gasteiger partial charge is 0.481 e. The summed E-state index contributed by atoms with van der Waals surface area (Å²) in [6, 6.07) is 4.95. The van der Waals surface area contributed by atoms with Gasteiger partial charge in [-0.2, -0.15) is 0 Å². The minimum atomic E-state index is -0.849. The number of carbonyl (C=O) groups is 2. The van der Waals surface area contributed by atoms with E-state index < -0.39 is 11.9 Å². The van der Waals surface area contributed by atoms with Crippen LogP contribution in [0.2, 0.25) is 5.02 Å². The number of benzene rings is 1. The lowest BCUT2D eigenvalue weighted by molar-refractivity contribution is -0.142. The quantitative estimate of drug-likeness (QED) is 0.896. The predicted molar refractivity (Wildman–Crippen MR) is 75.3 cm³/mol. The maximum atomic E-state index is 12.4. The van der Waals surface area contributed by atoms with Crippen molar-refractivity contribution in [2.75, 3.05) is 13.1 Å². The summed E-state index contributed by atoms with van der Waals surface area (Å²) in [6.07, 6.45) is 0. The molecule has 1 aliphatic rings. The van der Waals surface area contributed by atoms with Crippen LogP contribution in [0.25, 0.3) is 0 Å². The summed E-state index contributed by atoms with van der Waals surface area (Å²) in [5.74, 6) is -1.54. The van der Waals surface area contributed by atoms with E-state index in [2.05, 4.69) is 15.9 Å². The first-order valence-corrected chi connectivity index (χ1v) is 7.04. The Morgan fingerprint density at radius 3 is 2.63 bits per heavy atom. The van der Waals surface area contributed by atoms with Crippen molar-refractivity contribution >= 4 is 39.4 Å². The summed E-state index contributed by atoms with van der Waals surface area (Å²) in [6.45, 7) is 2.57. The Morgan fingerprint density at radius 2 is 2.11 bits per heavy atom. The van der Waals surface area contributed by atoms with Gasteiger partial charge in [-0.15, -0.1) is 0 Å². The van der Waals surface area contributed by atoms with E-state index in [0.29, 0.717) is 21.6 Å². The van der Waals surface area contributed by atoms with Gasteiger partial charge in [0.1, 0.15) is 0 Å². The number of carbonyl (C=O) groups excluding carboxylic acids is 1. The highest BCUT2D eigenvalue weighted by Crippen LogP contribution is 2.28. The maximum absolute atomic E-state index is 12.4. The predicted octanol–water partition coefficient (Wildman–Crippen LogP) is 2.90. The van der Waals surface area contributed by atoms with Crippen LogP contribution in [-0.2, 0) is 4.79 Å². The van der Waals surface area contributed by atoms with Gasteiger partial charge in [-0.3, -0.25) is 9.59 Å². The topological polar surface area (TPSA) is 57.6 Å². The maximum Gasteiger partial charge on any atom is 0.308 e. The van der Waals surface area contributed by atoms with Gasteiger partial charge in [-0.05, 0) is 40.0 Å². The molecule has 19 heavy (non-hydrogen) atoms. The molecule has 2 rings (SSSR count). The van der Waals surface area contributed by atoms with Gasteiger partial charge >= 0.3 is 5.97 Å². The fourth-order valence-corrected chi connectivity index (χ4v) is 3.14. The van der Waals surface area contributed by atoms with Crippen LogP contribution >= 0.6 is 27.5 Å². The molecule has 4 nitrogen and oxygen atoms in total. The van der Waals surface area contributed by atoms with Crippen LogP contribution in [-0.4, -0.2) is 35.0 Å². The van der Waals surface area contributed by atoms with Crippen LogP contribution in [0.15, 0.2) is 22.7 Å². The second-order valence-corrected chi connectivity index (χ2v) is 6.05. The van der Waals surface area contributed by atoms with Crippen molar-refractivity contribution < 1.29 is 14.7 Å². The SMILES string of the molecule is C[C@@H]1CN(C(=O)c2ccc(Cl)cc2Br)C[C@H]1C(=O)O. The average molecular weight is 347 g/mol. The van der Waals surface area contributed by atoms with Crippen LogP contribution in [0, 0.1) is 11.8 Å². The van der Waals surface area contributed by atoms with Gasteiger partial charge < -0.3 is 10.0 Å². The first kappa shape index (κ1) is 14.3. The summed E-state index contributed by atoms with van der Waals surface area (Å²) in [5, 5.41) is 9.62. The van der Waals surface area contributed by atoms with E-state index in [1.165, 1.54) is 0 Å². The molecule has 1 fully saturated rings. The van der Waals surface area contributed by atoms with E-state index in [1.807, 2.05) is 6.92 Å². The highest BCUT2D eigenvalue weighted by Gasteiger charge is 2.37. The Balaban J connectivity index is 2.19. The second kappa shape index (κ2) is 5.51. The molecule has 0 saturated carbocycles. The fraction of sp³-hybridized carbons (Fsp3) is 0.385. The number of halogens is 2. The zero-order chi connectivity index (χ0) is 14.2. The third kappa shape index (κ3) is 2.92. The number of amides is 1. The van der Waals surface area contributed by atoms with Crippen LogP contribution in [0.3, 0.4) is 0 Å². The number of nitrogens with zero attached hydrogens (tertiary/aromatic N) is 1. The first-order valence-electron chi connectivity index (χ1n) is 5.87. The van der Waals surface area contributed by atoms with Gasteiger partial charge in [-0.1, -0.05) is 18.5 Å². The van der Waals surface area contributed by atoms with E-state index >= 15 is 0 Å². The molecule has 2 atom stereocenters. The minimum Gasteiger partial charge on any atom is -0.481 e. The van der Waals surface area contributed by atoms with Gasteiger partial charge in [0.25, 0.3) is 5.91 Å². The highest BCUT2D eigenvalue weighted by molar-refractivity contribution is 9.10. The van der Waals surface area contributed by atoms with Crippen molar-refractivity contribution in [1.29, 1.82) is 0 Å². The molecule has 1 aromatic carbocycles. The van der Waals surface area contributed by atoms with Gasteiger partial charge in [0.15, 0.2) is 0 Å². The third-order valence-electron chi connectivity index (χ3n) is 3.38. The summed E-state index contributed by atoms with van der Waals surface area (Å²) in [5.41, 5.74) is 0.502. The smallest absolute Gasteiger partial charge is 0.308 e. The van der Waals surface area contributed by atoms with Crippen molar-refractivity contribution in [3.8, 4) is 0 Å². The number of rotatable bonds is 2. The van der Waals surface area contributed by atoms with E-state index in [1.54, 1.807) is 23.1 Å². The van der Waals surface area contributed by atoms with Crippen LogP contribution in [0.1, 0.15) is 17.3 Å². The van der Waals surface area contributed by atoms with Crippen molar-refractivity contribution in [3.05, 3.63) is 33.3 Å². The molecule has 1 N–H and O–H groups in total. The summed E-state index contributed by atoms with van der Waals surface area (Å²) in [4.78, 5) is 25.0. The molecular weight excluding hydrogens is 334 g/mol. The lowest BCUT2D eigenvalue weighted by Crippen LogP contribution is -2.30. The zero-order valence-corrected chi connectivity index (χ0v) is 12.6. The fourth-order valence-electron chi connectivity index (χ4n) is 2.29. The van der Waals surface area contributed by atoms with Crippen LogP contribution in [0.4, 0.5) is 0 Å². The number of hydrogen-bond acceptors (Lipinski definition) is 2. The van der Waals surface area contributed by atoms with Gasteiger partial charge in [0.05, 0.1) is 11.5 Å². The number of aliphatic carboxylic acids is 1. The molecule has 0 radical (unpaired) electrons. The van der Waals surface area contributed by atoms with Crippen molar-refractivity contribution in [2.24, 2.45) is 11.8 Å². The van der Waals surface area contributed by atoms with E-state index in [0.717, 1.165) is 0 Å². The molecule has 1 amide bonds. The minimum absolute atomic E-state index is 0.0347. The van der Waals surface area contributed by atoms with Gasteiger partial charge in [-0.25, -0.2) is 0 Å². The molecule has 1 aromatic rings. The summed E-state index contributed by atoms with van der Waals surface area (Å²) < 4.78 is 0.622. The monoisotopic (exact) mass is 345 g/mol. The Labute approximate surface area is 124 Å². The average Bonchev–Trinajstić information content (AvgIpc) is 2.70. The van der Waals surface area contributed by atoms with Crippen molar-refractivity contribution in [2.45, 2.75) is 6.92 Å². The second-order valence-electron chi connectivity index (χ2n) is 4.76. The molecule has 1 saturated heterocycles. The third-order valence-corrected chi connectivity index (χ3v) is 4.27. The molecule has 6 heteroatoms. The number of carboxylic acid groups (broad SMARTS) is 1. The standard InChI is InChI=1S/C13H13BrClNO3/c1-7-5-16(6-10(7)13(18)19)12(17)9-3-2-8(15)4-11(9)14/h2-4,7,10H,5-6H2,1H3,(H,18,19)/t7-,10-/m1/s1. The van der Waals surface area contributed by atoms with Gasteiger partial charge in [0.2, 0.25) is 0 Å². The Hall–Kier alpha value is -1.07. The lowest BCUT2D eigenvalue weighted by Gasteiger charge is -2.17. The Kier molecular flexibility index (Phi) is 4.16. The number of likely N-dealkylation sites (tertiary alicyclic amines) is 1. The molecule has 0 aromatic heterocycles. The number of carboxylic acids is 1. The molecular formula is C13H13BrClNO3. The number of hydrogen-bond donors (Lipinski definition) is 1. The van der Waals surface area contributed by atoms with Crippen molar-refractivity contribution in [1.82, 2.24) is 4.90 Å². The van der Waals surface area contributed by atoms with E-state index in [9.17, 15) is 9.59 Å². The molecule has 0 spiro atoms. The van der Waals surface area contributed by atoms with E-state index in [4.69, 9.17) is 16.7 Å².